The summed E-state index contributed by atoms with van der Waals surface area (Å²) in [6.07, 6.45) is -1.04. The van der Waals surface area contributed by atoms with Crippen LogP contribution in [0.2, 0.25) is 0 Å². The van der Waals surface area contributed by atoms with Crippen LogP contribution < -0.4 is 10.6 Å². The number of nitro benzene ring substituents is 2. The van der Waals surface area contributed by atoms with Crippen LogP contribution in [0.25, 0.3) is 0 Å². The van der Waals surface area contributed by atoms with E-state index in [0.29, 0.717) is 16.9 Å². The van der Waals surface area contributed by atoms with Gasteiger partial charge in [-0.3, -0.25) is 25.0 Å². The van der Waals surface area contributed by atoms with Crippen LogP contribution in [0.15, 0.2) is 54.0 Å². The van der Waals surface area contributed by atoms with E-state index in [-0.39, 0.29) is 23.0 Å². The number of hydrogen-bond donors (Lipinski definition) is 2. The number of non-ortho nitro benzene ring substituents is 2. The third kappa shape index (κ3) is 2.40. The number of hydrogen-bond acceptors (Lipinski definition) is 8. The van der Waals surface area contributed by atoms with Gasteiger partial charge in [-0.2, -0.15) is 0 Å². The summed E-state index contributed by atoms with van der Waals surface area (Å²) in [5, 5.41) is 27.6. The van der Waals surface area contributed by atoms with Crippen molar-refractivity contribution < 1.29 is 19.4 Å². The quantitative estimate of drug-likeness (QED) is 0.634. The van der Waals surface area contributed by atoms with Crippen molar-refractivity contribution in [2.24, 2.45) is 0 Å². The number of nitrogens with zero attached hydrogens (tertiary/aromatic N) is 2. The van der Waals surface area contributed by atoms with Crippen LogP contribution in [0, 0.1) is 20.2 Å². The fourth-order valence-corrected chi connectivity index (χ4v) is 2.82. The third-order valence-corrected chi connectivity index (χ3v) is 4.05. The van der Waals surface area contributed by atoms with Gasteiger partial charge in [0.2, 0.25) is 11.7 Å². The average Bonchev–Trinajstić information content (AvgIpc) is 2.95. The molecule has 1 atom stereocenters. The highest BCUT2D eigenvalue weighted by Crippen LogP contribution is 2.41. The van der Waals surface area contributed by atoms with E-state index in [0.717, 1.165) is 0 Å². The molecule has 130 valence electrons. The van der Waals surface area contributed by atoms with Gasteiger partial charge in [-0.25, -0.2) is 0 Å². The number of Topliss-reactive ketones (excluding diaryl/α,β-unsaturated/α-hetero) is 1. The molecule has 0 radical (unpaired) electrons. The van der Waals surface area contributed by atoms with Crippen LogP contribution in [-0.2, 0) is 9.53 Å². The van der Waals surface area contributed by atoms with Crippen LogP contribution in [0.5, 0.6) is 0 Å². The van der Waals surface area contributed by atoms with E-state index in [1.165, 1.54) is 36.4 Å². The number of carbonyl (C=O) groups is 1. The number of nitro groups is 2. The van der Waals surface area contributed by atoms with Crippen LogP contribution >= 0.6 is 0 Å². The van der Waals surface area contributed by atoms with Crippen molar-refractivity contribution in [3.05, 3.63) is 79.8 Å². The molecule has 2 N–H and O–H groups in total. The van der Waals surface area contributed by atoms with Gasteiger partial charge in [-0.1, -0.05) is 12.1 Å². The molecule has 4 rings (SSSR count). The molecule has 0 unspecified atom stereocenters. The lowest BCUT2D eigenvalue weighted by Crippen LogP contribution is -2.18. The van der Waals surface area contributed by atoms with Crippen molar-refractivity contribution in [3.63, 3.8) is 0 Å². The molecule has 0 saturated heterocycles. The highest BCUT2D eigenvalue weighted by atomic mass is 16.6. The molecule has 0 fully saturated rings. The molecule has 10 nitrogen and oxygen atoms in total. The summed E-state index contributed by atoms with van der Waals surface area (Å²) in [6, 6.07) is 9.75. The Morgan fingerprint density at radius 1 is 0.923 bits per heavy atom. The topological polar surface area (TPSA) is 137 Å². The Hall–Kier alpha value is -3.95. The van der Waals surface area contributed by atoms with E-state index in [2.05, 4.69) is 10.6 Å². The van der Waals surface area contributed by atoms with Crippen molar-refractivity contribution in [2.45, 2.75) is 6.10 Å². The zero-order valence-electron chi connectivity index (χ0n) is 13.0. The molecule has 0 aromatic heterocycles. The maximum absolute atomic E-state index is 12.6. The molecule has 0 aliphatic carbocycles. The van der Waals surface area contributed by atoms with Crippen molar-refractivity contribution in [1.29, 1.82) is 0 Å². The summed E-state index contributed by atoms with van der Waals surface area (Å²) in [6.45, 7) is 0. The summed E-state index contributed by atoms with van der Waals surface area (Å²) in [5.41, 5.74) is 1.14. The summed E-state index contributed by atoms with van der Waals surface area (Å²) in [4.78, 5) is 33.4. The van der Waals surface area contributed by atoms with E-state index in [4.69, 9.17) is 4.74 Å². The minimum atomic E-state index is -1.04. The molecule has 2 aromatic carbocycles. The predicted molar refractivity (Wildman–Crippen MR) is 89.3 cm³/mol. The lowest BCUT2D eigenvalue weighted by Gasteiger charge is -2.19. The third-order valence-electron chi connectivity index (χ3n) is 4.05. The number of anilines is 2. The number of ether oxygens (including phenoxy) is 1. The second-order valence-electron chi connectivity index (χ2n) is 5.66. The molecular weight excluding hydrogens is 344 g/mol. The Kier molecular flexibility index (Phi) is 3.32. The summed E-state index contributed by atoms with van der Waals surface area (Å²) in [5.74, 6) is -0.267. The number of fused-ring (bicyclic) bond motifs is 1. The summed E-state index contributed by atoms with van der Waals surface area (Å²) in [7, 11) is 0. The van der Waals surface area contributed by atoms with Crippen molar-refractivity contribution in [3.8, 4) is 0 Å². The normalized spacial score (nSPS) is 17.5. The molecule has 0 spiro atoms. The van der Waals surface area contributed by atoms with Crippen molar-refractivity contribution in [1.82, 2.24) is 0 Å². The van der Waals surface area contributed by atoms with Crippen molar-refractivity contribution in [2.75, 3.05) is 10.6 Å². The van der Waals surface area contributed by atoms with E-state index >= 15 is 0 Å². The standard InChI is InChI=1S/C16H10N4O6/c21-14-13-16(18-12-7-10(20(24)25)4-5-11(12)17-13)26-15(14)8-2-1-3-9(6-8)19(22)23/h1-7,15,17-18H/t15-/m0/s1. The Morgan fingerprint density at radius 2 is 1.65 bits per heavy atom. The largest absolute Gasteiger partial charge is 0.461 e. The van der Waals surface area contributed by atoms with Gasteiger partial charge < -0.3 is 15.4 Å². The van der Waals surface area contributed by atoms with E-state index < -0.39 is 21.7 Å². The van der Waals surface area contributed by atoms with Gasteiger partial charge in [0.05, 0.1) is 21.2 Å². The van der Waals surface area contributed by atoms with E-state index in [1.54, 1.807) is 6.07 Å². The Morgan fingerprint density at radius 3 is 2.38 bits per heavy atom. The highest BCUT2D eigenvalue weighted by Gasteiger charge is 2.39. The molecule has 0 saturated carbocycles. The minimum absolute atomic E-state index is 0.110. The fourth-order valence-electron chi connectivity index (χ4n) is 2.82. The highest BCUT2D eigenvalue weighted by molar-refractivity contribution is 6.06. The Bertz CT molecular complexity index is 1020. The van der Waals surface area contributed by atoms with Crippen LogP contribution in [0.3, 0.4) is 0 Å². The zero-order chi connectivity index (χ0) is 18.4. The second-order valence-corrected chi connectivity index (χ2v) is 5.66. The first-order chi connectivity index (χ1) is 12.4. The summed E-state index contributed by atoms with van der Waals surface area (Å²) >= 11 is 0. The molecular formula is C16H10N4O6. The fraction of sp³-hybridized carbons (Fsp3) is 0.0625. The maximum Gasteiger partial charge on any atom is 0.271 e. The van der Waals surface area contributed by atoms with Gasteiger partial charge in [0.15, 0.2) is 6.10 Å². The van der Waals surface area contributed by atoms with Gasteiger partial charge in [0, 0.05) is 29.8 Å². The molecule has 2 aliphatic heterocycles. The van der Waals surface area contributed by atoms with Gasteiger partial charge in [0.1, 0.15) is 5.70 Å². The SMILES string of the molecule is O=C1C2=C(Nc3cc([N+](=O)[O-])ccc3N2)O[C@H]1c1cccc([N+](=O)[O-])c1. The first kappa shape index (κ1) is 15.6. The first-order valence-corrected chi connectivity index (χ1v) is 7.46. The number of nitrogens with one attached hydrogen (secondary N) is 2. The van der Waals surface area contributed by atoms with Crippen LogP contribution in [0.1, 0.15) is 11.7 Å². The molecule has 0 bridgehead atoms. The van der Waals surface area contributed by atoms with Gasteiger partial charge in [0.25, 0.3) is 11.4 Å². The Balaban J connectivity index is 1.64. The molecule has 0 amide bonds. The smallest absolute Gasteiger partial charge is 0.271 e. The van der Waals surface area contributed by atoms with Crippen molar-refractivity contribution >= 4 is 28.5 Å². The first-order valence-electron chi connectivity index (χ1n) is 7.46. The van der Waals surface area contributed by atoms with Gasteiger partial charge >= 0.3 is 0 Å². The van der Waals surface area contributed by atoms with Gasteiger partial charge in [-0.05, 0) is 6.07 Å². The number of carbonyl (C=O) groups excluding carboxylic acids is 1. The van der Waals surface area contributed by atoms with Crippen LogP contribution in [-0.4, -0.2) is 15.6 Å². The number of rotatable bonds is 3. The zero-order valence-corrected chi connectivity index (χ0v) is 13.0. The molecule has 10 heteroatoms. The lowest BCUT2D eigenvalue weighted by atomic mass is 10.0. The van der Waals surface area contributed by atoms with Gasteiger partial charge in [-0.15, -0.1) is 0 Å². The number of ketones is 1. The summed E-state index contributed by atoms with van der Waals surface area (Å²) < 4.78 is 5.62. The lowest BCUT2D eigenvalue weighted by molar-refractivity contribution is -0.385. The predicted octanol–water partition coefficient (Wildman–Crippen LogP) is 2.85. The second kappa shape index (κ2) is 5.55. The monoisotopic (exact) mass is 354 g/mol. The molecule has 2 heterocycles. The minimum Gasteiger partial charge on any atom is -0.461 e. The molecule has 26 heavy (non-hydrogen) atoms. The molecule has 2 aliphatic rings. The average molecular weight is 354 g/mol. The number of benzene rings is 2. The van der Waals surface area contributed by atoms with E-state index in [9.17, 15) is 25.0 Å². The maximum atomic E-state index is 12.6. The van der Waals surface area contributed by atoms with E-state index in [1.807, 2.05) is 0 Å². The van der Waals surface area contributed by atoms with Crippen LogP contribution in [0.4, 0.5) is 22.7 Å². The molecule has 2 aromatic rings. The Labute approximate surface area is 145 Å².